The van der Waals surface area contributed by atoms with Gasteiger partial charge in [-0.05, 0) is 120 Å². The second-order valence-corrected chi connectivity index (χ2v) is 24.2. The monoisotopic (exact) mass is 684 g/mol. The van der Waals surface area contributed by atoms with Crippen molar-refractivity contribution in [3.05, 3.63) is 33.9 Å². The summed E-state index contributed by atoms with van der Waals surface area (Å²) in [5.74, 6) is 2.57. The molecular weight excluding hydrogens is 621 g/mol. The largest absolute Gasteiger partial charge is 0.543 e. The molecule has 0 bridgehead atoms. The lowest BCUT2D eigenvalue weighted by Gasteiger charge is -2.60. The maximum Gasteiger partial charge on any atom is 0.250 e. The molecule has 0 saturated heterocycles. The normalized spacial score (nSPS) is 33.5. The number of aliphatic hydroxyl groups is 1. The van der Waals surface area contributed by atoms with E-state index in [1.807, 2.05) is 0 Å². The van der Waals surface area contributed by atoms with E-state index in [4.69, 9.17) is 4.43 Å². The fraction of sp³-hybridized carbons (Fsp3) is 0.775. The van der Waals surface area contributed by atoms with Gasteiger partial charge in [0.1, 0.15) is 11.5 Å². The number of aliphatic hydroxyl groups excluding tert-OH is 1. The van der Waals surface area contributed by atoms with Crippen LogP contribution in [-0.4, -0.2) is 34.1 Å². The minimum atomic E-state index is -2.37. The minimum Gasteiger partial charge on any atom is -0.543 e. The first-order valence-corrected chi connectivity index (χ1v) is 22.5. The van der Waals surface area contributed by atoms with Gasteiger partial charge in [0.05, 0.1) is 11.0 Å². The van der Waals surface area contributed by atoms with Crippen molar-refractivity contribution in [2.75, 3.05) is 0 Å². The Kier molecular flexibility index (Phi) is 9.83. The van der Waals surface area contributed by atoms with Gasteiger partial charge in [0.15, 0.2) is 11.1 Å². The molecule has 4 aliphatic rings. The summed E-state index contributed by atoms with van der Waals surface area (Å²) in [6, 6.07) is 0. The summed E-state index contributed by atoms with van der Waals surface area (Å²) in [5, 5.41) is 11.6. The average Bonchev–Trinajstić information content (AvgIpc) is 3.24. The minimum absolute atomic E-state index is 0.00427. The van der Waals surface area contributed by atoms with E-state index < -0.39 is 25.5 Å². The van der Waals surface area contributed by atoms with Crippen LogP contribution in [0.25, 0.3) is 0 Å². The molecule has 5 nitrogen and oxygen atoms in total. The maximum atomic E-state index is 13.7. The summed E-state index contributed by atoms with van der Waals surface area (Å²) in [5.41, 5.74) is 5.10. The summed E-state index contributed by atoms with van der Waals surface area (Å²) in [6.07, 6.45) is 7.87. The zero-order chi connectivity index (χ0) is 35.2. The summed E-state index contributed by atoms with van der Waals surface area (Å²) in [7, 11) is -2.37. The van der Waals surface area contributed by atoms with Crippen molar-refractivity contribution in [2.45, 2.75) is 174 Å². The van der Waals surface area contributed by atoms with Crippen molar-refractivity contribution in [2.24, 2.45) is 28.6 Å². The highest BCUT2D eigenvalue weighted by Gasteiger charge is 2.61. The third-order valence-electron chi connectivity index (χ3n) is 13.9. The standard InChI is InChI=1S/C40H64O5SSi/c1-22(2)32-35(33(23(3)4)37(46(43)44)34(24(5)6)36(32)45-47(12,13)38(7,8)9)30-21-26(41)20-25-14-15-27-28-16-17-31(42)39(28,10)19-18-29(27)40(25,30)11/h14,22-24,26-30,41H,15-21H2,1-13H3,(H,43,44)/t26-,27+,28+,29+,30?,39+,40+/m1/s1. The molecule has 0 aromatic heterocycles. The van der Waals surface area contributed by atoms with Crippen LogP contribution >= 0.6 is 0 Å². The lowest BCUT2D eigenvalue weighted by atomic mass is 9.44. The Morgan fingerprint density at radius 3 is 2.09 bits per heavy atom. The molecule has 7 heteroatoms. The molecule has 2 unspecified atom stereocenters. The van der Waals surface area contributed by atoms with Gasteiger partial charge in [-0.1, -0.05) is 87.8 Å². The smallest absolute Gasteiger partial charge is 0.250 e. The van der Waals surface area contributed by atoms with E-state index in [2.05, 4.69) is 95.3 Å². The molecule has 0 spiro atoms. The zero-order valence-electron chi connectivity index (χ0n) is 31.7. The molecule has 5 rings (SSSR count). The number of carbonyl (C=O) groups is 1. The molecule has 264 valence electrons. The van der Waals surface area contributed by atoms with Crippen LogP contribution in [0, 0.1) is 28.6 Å². The molecule has 3 saturated carbocycles. The van der Waals surface area contributed by atoms with Gasteiger partial charge in [-0.3, -0.25) is 4.79 Å². The van der Waals surface area contributed by atoms with E-state index in [-0.39, 0.29) is 39.5 Å². The number of rotatable bonds is 7. The second-order valence-electron chi connectivity index (χ2n) is 18.6. The Bertz CT molecular complexity index is 1470. The van der Waals surface area contributed by atoms with E-state index >= 15 is 0 Å². The number of Topliss-reactive ketones (excluding diaryl/α,β-unsaturated/α-hetero) is 1. The molecule has 8 atom stereocenters. The first kappa shape index (κ1) is 37.0. The van der Waals surface area contributed by atoms with Gasteiger partial charge in [-0.25, -0.2) is 4.21 Å². The Balaban J connectivity index is 1.87. The zero-order valence-corrected chi connectivity index (χ0v) is 33.5. The molecule has 3 fully saturated rings. The molecule has 0 radical (unpaired) electrons. The maximum absolute atomic E-state index is 13.7. The third kappa shape index (κ3) is 5.79. The van der Waals surface area contributed by atoms with Crippen molar-refractivity contribution in [3.63, 3.8) is 0 Å². The van der Waals surface area contributed by atoms with Gasteiger partial charge in [0, 0.05) is 17.4 Å². The number of carbonyl (C=O) groups excluding carboxylic acids is 1. The van der Waals surface area contributed by atoms with E-state index in [0.29, 0.717) is 47.7 Å². The van der Waals surface area contributed by atoms with Crippen LogP contribution in [0.3, 0.4) is 0 Å². The predicted octanol–water partition coefficient (Wildman–Crippen LogP) is 10.6. The fourth-order valence-electron chi connectivity index (χ4n) is 10.5. The summed E-state index contributed by atoms with van der Waals surface area (Å²) >= 11 is -2.22. The first-order valence-electron chi connectivity index (χ1n) is 18.5. The average molecular weight is 685 g/mol. The molecule has 4 aliphatic carbocycles. The van der Waals surface area contributed by atoms with Gasteiger partial charge in [0.2, 0.25) is 0 Å². The van der Waals surface area contributed by atoms with Gasteiger partial charge in [-0.15, -0.1) is 0 Å². The first-order chi connectivity index (χ1) is 21.6. The molecule has 1 aromatic rings. The van der Waals surface area contributed by atoms with Crippen molar-refractivity contribution in [1.82, 2.24) is 0 Å². The van der Waals surface area contributed by atoms with Crippen molar-refractivity contribution in [3.8, 4) is 5.75 Å². The Morgan fingerprint density at radius 1 is 0.957 bits per heavy atom. The molecule has 0 heterocycles. The van der Waals surface area contributed by atoms with Crippen molar-refractivity contribution < 1.29 is 23.1 Å². The highest BCUT2D eigenvalue weighted by Crippen LogP contribution is 2.68. The van der Waals surface area contributed by atoms with Crippen LogP contribution < -0.4 is 4.43 Å². The molecule has 2 N–H and O–H groups in total. The highest BCUT2D eigenvalue weighted by molar-refractivity contribution is 7.79. The molecule has 0 aliphatic heterocycles. The quantitative estimate of drug-likeness (QED) is 0.170. The van der Waals surface area contributed by atoms with Crippen LogP contribution in [0.15, 0.2) is 16.5 Å². The van der Waals surface area contributed by atoms with E-state index in [1.54, 1.807) is 0 Å². The van der Waals surface area contributed by atoms with Crippen molar-refractivity contribution in [1.29, 1.82) is 0 Å². The van der Waals surface area contributed by atoms with Crippen LogP contribution in [0.5, 0.6) is 5.75 Å². The lowest BCUT2D eigenvalue weighted by Crippen LogP contribution is -2.53. The van der Waals surface area contributed by atoms with Crippen LogP contribution in [-0.2, 0) is 15.9 Å². The van der Waals surface area contributed by atoms with Crippen LogP contribution in [0.4, 0.5) is 0 Å². The number of hydrogen-bond acceptors (Lipinski definition) is 4. The Morgan fingerprint density at radius 2 is 1.55 bits per heavy atom. The van der Waals surface area contributed by atoms with Crippen LogP contribution in [0.1, 0.15) is 167 Å². The van der Waals surface area contributed by atoms with E-state index in [1.165, 1.54) is 11.1 Å². The van der Waals surface area contributed by atoms with Crippen LogP contribution in [0.2, 0.25) is 18.1 Å². The topological polar surface area (TPSA) is 83.8 Å². The lowest BCUT2D eigenvalue weighted by molar-refractivity contribution is -0.132. The molecular formula is C40H64O5SSi. The van der Waals surface area contributed by atoms with E-state index in [0.717, 1.165) is 48.1 Å². The number of hydrogen-bond donors (Lipinski definition) is 2. The SMILES string of the molecule is CC(C)c1c(O[Si](C)(C)C(C)(C)C)c(C(C)C)c(S(=O)O)c(C(C)C)c1C1C[C@H](O)CC2=CC[C@H]3[C@@H]4CCC(=O)[C@@]4(C)CC[C@@H]3[C@]21C. The number of ketones is 1. The number of benzene rings is 1. The molecule has 0 amide bonds. The Labute approximate surface area is 289 Å². The Hall–Kier alpha value is -1.28. The van der Waals surface area contributed by atoms with Gasteiger partial charge in [-0.2, -0.15) is 0 Å². The van der Waals surface area contributed by atoms with Gasteiger partial charge >= 0.3 is 0 Å². The van der Waals surface area contributed by atoms with Gasteiger partial charge < -0.3 is 14.1 Å². The van der Waals surface area contributed by atoms with Crippen molar-refractivity contribution >= 4 is 25.2 Å². The molecule has 47 heavy (non-hydrogen) atoms. The van der Waals surface area contributed by atoms with E-state index in [9.17, 15) is 18.7 Å². The summed E-state index contributed by atoms with van der Waals surface area (Å²) in [6.45, 7) is 29.1. The number of allylic oxidation sites excluding steroid dienone is 1. The second kappa shape index (κ2) is 12.5. The summed E-state index contributed by atoms with van der Waals surface area (Å²) < 4.78 is 32.3. The third-order valence-corrected chi connectivity index (χ3v) is 19.0. The summed E-state index contributed by atoms with van der Waals surface area (Å²) in [4.78, 5) is 13.8. The molecule has 1 aromatic carbocycles. The number of fused-ring (bicyclic) bond motifs is 5. The predicted molar refractivity (Wildman–Crippen MR) is 196 cm³/mol. The van der Waals surface area contributed by atoms with Gasteiger partial charge in [0.25, 0.3) is 8.32 Å². The highest BCUT2D eigenvalue weighted by atomic mass is 32.2. The fourth-order valence-corrected chi connectivity index (χ4v) is 12.5.